The van der Waals surface area contributed by atoms with Crippen molar-refractivity contribution < 1.29 is 73.0 Å². The van der Waals surface area contributed by atoms with Crippen molar-refractivity contribution in [1.29, 1.82) is 0 Å². The SMILES string of the molecule is O=C(CCCSSCCOCCOCCOc1cc(O)c(C(=O)CCc2ccc(O)cc2)c(O[C@@H]2O[C@H](CO)[C@@H](O)C(O)[C@H]2O)c1)OCn1cc(F)c(=O)[nH]c1=O. The summed E-state index contributed by atoms with van der Waals surface area (Å²) in [6.45, 7) is -0.0550. The van der Waals surface area contributed by atoms with Crippen molar-refractivity contribution >= 4 is 33.3 Å². The van der Waals surface area contributed by atoms with E-state index in [9.17, 15) is 54.2 Å². The van der Waals surface area contributed by atoms with Crippen LogP contribution in [-0.4, -0.2) is 134 Å². The lowest BCUT2D eigenvalue weighted by atomic mass is 9.99. The molecular weight excluding hydrogens is 800 g/mol. The Morgan fingerprint density at radius 1 is 0.895 bits per heavy atom. The molecule has 0 saturated carbocycles. The number of aryl methyl sites for hydroxylation is 1. The molecule has 1 aliphatic heterocycles. The number of ketones is 1. The molecule has 0 bridgehead atoms. The predicted octanol–water partition coefficient (Wildman–Crippen LogP) is 0.856. The van der Waals surface area contributed by atoms with E-state index in [0.29, 0.717) is 37.3 Å². The number of Topliss-reactive ketones (excluding diaryl/α,β-unsaturated/α-hetero) is 1. The quantitative estimate of drug-likeness (QED) is 0.0285. The number of nitrogens with one attached hydrogen (secondary N) is 1. The highest BCUT2D eigenvalue weighted by Crippen LogP contribution is 2.37. The van der Waals surface area contributed by atoms with E-state index in [2.05, 4.69) is 0 Å². The minimum atomic E-state index is -1.78. The third kappa shape index (κ3) is 14.3. The van der Waals surface area contributed by atoms with Crippen LogP contribution in [0.15, 0.2) is 52.2 Å². The average Bonchev–Trinajstić information content (AvgIpc) is 3.18. The molecule has 0 spiro atoms. The Balaban J connectivity index is 1.14. The van der Waals surface area contributed by atoms with E-state index >= 15 is 0 Å². The summed E-state index contributed by atoms with van der Waals surface area (Å²) in [5.41, 5.74) is -1.54. The molecule has 1 fully saturated rings. The number of hydrogen-bond donors (Lipinski definition) is 7. The van der Waals surface area contributed by atoms with Crippen molar-refractivity contribution in [1.82, 2.24) is 9.55 Å². The number of phenols is 2. The van der Waals surface area contributed by atoms with Crippen LogP contribution in [0.1, 0.15) is 35.2 Å². The summed E-state index contributed by atoms with van der Waals surface area (Å²) in [6.07, 6.45) is -6.62. The van der Waals surface area contributed by atoms with Crippen LogP contribution in [0.3, 0.4) is 0 Å². The molecule has 0 aliphatic carbocycles. The Kier molecular flexibility index (Phi) is 18.6. The van der Waals surface area contributed by atoms with E-state index < -0.39 is 78.6 Å². The molecule has 5 atom stereocenters. The Morgan fingerprint density at radius 3 is 2.33 bits per heavy atom. The molecule has 7 N–H and O–H groups in total. The highest BCUT2D eigenvalue weighted by Gasteiger charge is 2.45. The van der Waals surface area contributed by atoms with Gasteiger partial charge < -0.3 is 59.1 Å². The zero-order valence-corrected chi connectivity index (χ0v) is 32.2. The van der Waals surface area contributed by atoms with Crippen LogP contribution in [-0.2, 0) is 36.9 Å². The van der Waals surface area contributed by atoms with Gasteiger partial charge in [-0.05, 0) is 30.5 Å². The van der Waals surface area contributed by atoms with Gasteiger partial charge >= 0.3 is 11.7 Å². The molecule has 1 saturated heterocycles. The molecular formula is C36H45FN2O16S2. The van der Waals surface area contributed by atoms with E-state index in [1.54, 1.807) is 27.9 Å². The third-order valence-electron chi connectivity index (χ3n) is 8.21. The molecule has 1 unspecified atom stereocenters. The van der Waals surface area contributed by atoms with Gasteiger partial charge in [0.25, 0.3) is 5.56 Å². The zero-order valence-electron chi connectivity index (χ0n) is 30.5. The lowest BCUT2D eigenvalue weighted by Gasteiger charge is -2.39. The molecule has 2 aromatic carbocycles. The number of ether oxygens (including phenoxy) is 6. The van der Waals surface area contributed by atoms with E-state index in [1.165, 1.54) is 35.1 Å². The third-order valence-corrected chi connectivity index (χ3v) is 10.7. The van der Waals surface area contributed by atoms with Crippen LogP contribution in [0.4, 0.5) is 4.39 Å². The van der Waals surface area contributed by atoms with Crippen LogP contribution in [0.5, 0.6) is 23.0 Å². The maximum atomic E-state index is 13.4. The van der Waals surface area contributed by atoms with Gasteiger partial charge in [0.2, 0.25) is 12.1 Å². The van der Waals surface area contributed by atoms with Crippen molar-refractivity contribution in [2.24, 2.45) is 0 Å². The minimum absolute atomic E-state index is 0.0251. The number of rotatable bonds is 24. The molecule has 18 nitrogen and oxygen atoms in total. The van der Waals surface area contributed by atoms with Crippen LogP contribution in [0, 0.1) is 5.82 Å². The van der Waals surface area contributed by atoms with Gasteiger partial charge in [0.1, 0.15) is 59.6 Å². The summed E-state index contributed by atoms with van der Waals surface area (Å²) < 4.78 is 47.0. The average molecular weight is 845 g/mol. The summed E-state index contributed by atoms with van der Waals surface area (Å²) in [7, 11) is 3.09. The predicted molar refractivity (Wildman–Crippen MR) is 202 cm³/mol. The minimum Gasteiger partial charge on any atom is -0.508 e. The highest BCUT2D eigenvalue weighted by molar-refractivity contribution is 8.76. The van der Waals surface area contributed by atoms with Crippen molar-refractivity contribution in [2.45, 2.75) is 63.1 Å². The normalized spacial score (nSPS) is 19.3. The fourth-order valence-electron chi connectivity index (χ4n) is 5.19. The first-order valence-electron chi connectivity index (χ1n) is 17.7. The fourth-order valence-corrected chi connectivity index (χ4v) is 7.14. The number of H-pyrrole nitrogens is 1. The molecule has 1 aliphatic rings. The number of nitrogens with zero attached hydrogens (tertiary/aromatic N) is 1. The second-order valence-corrected chi connectivity index (χ2v) is 15.1. The number of aromatic hydroxyl groups is 2. The standard InChI is InChI=1S/C36H45FN2O16S2/c37-24-18-39(36(49)38-34(24)48)20-53-29(44)2-1-14-56-57-15-13-51-10-9-50-11-12-52-23-16-26(43)30(25(42)8-5-21-3-6-22(41)7-4-21)27(17-23)54-35-33(47)32(46)31(45)28(19-40)55-35/h3-4,6-7,16-18,28,31-33,35,40-41,43,45-47H,1-2,5,8-15,19-20H2,(H,38,48,49)/t28-,31-,32?,33-,35-/m1/s1. The largest absolute Gasteiger partial charge is 0.508 e. The van der Waals surface area contributed by atoms with E-state index in [-0.39, 0.29) is 61.9 Å². The van der Waals surface area contributed by atoms with E-state index in [0.717, 1.165) is 10.1 Å². The summed E-state index contributed by atoms with van der Waals surface area (Å²) in [5.74, 6) is -1.54. The van der Waals surface area contributed by atoms with Gasteiger partial charge in [-0.2, -0.15) is 4.39 Å². The fraction of sp³-hybridized carbons (Fsp3) is 0.500. The Bertz CT molecular complexity index is 1860. The number of aromatic amines is 1. The van der Waals surface area contributed by atoms with Gasteiger partial charge in [0.15, 0.2) is 12.5 Å². The summed E-state index contributed by atoms with van der Waals surface area (Å²) >= 11 is 0. The Morgan fingerprint density at radius 2 is 1.60 bits per heavy atom. The number of aliphatic hydroxyl groups excluding tert-OH is 4. The van der Waals surface area contributed by atoms with Crippen LogP contribution in [0.2, 0.25) is 0 Å². The molecule has 314 valence electrons. The topological polar surface area (TPSA) is 266 Å². The monoisotopic (exact) mass is 844 g/mol. The number of halogens is 1. The van der Waals surface area contributed by atoms with Gasteiger partial charge in [-0.15, -0.1) is 0 Å². The van der Waals surface area contributed by atoms with Crippen LogP contribution >= 0.6 is 21.6 Å². The summed E-state index contributed by atoms with van der Waals surface area (Å²) in [4.78, 5) is 49.6. The number of phenolic OH excluding ortho intramolecular Hbond substituents is 2. The maximum absolute atomic E-state index is 13.4. The first-order valence-corrected chi connectivity index (χ1v) is 20.2. The van der Waals surface area contributed by atoms with Gasteiger partial charge in [-0.3, -0.25) is 23.9 Å². The van der Waals surface area contributed by atoms with Crippen molar-refractivity contribution in [3.63, 3.8) is 0 Å². The van der Waals surface area contributed by atoms with E-state index in [1.807, 2.05) is 0 Å². The van der Waals surface area contributed by atoms with Gasteiger partial charge in [-0.1, -0.05) is 33.7 Å². The number of aromatic nitrogens is 2. The number of esters is 1. The summed E-state index contributed by atoms with van der Waals surface area (Å²) in [6, 6.07) is 8.76. The van der Waals surface area contributed by atoms with Crippen molar-refractivity contribution in [3.8, 4) is 23.0 Å². The molecule has 1 aromatic heterocycles. The van der Waals surface area contributed by atoms with Crippen molar-refractivity contribution in [3.05, 3.63) is 80.4 Å². The zero-order chi connectivity index (χ0) is 41.3. The highest BCUT2D eigenvalue weighted by atomic mass is 33.1. The van der Waals surface area contributed by atoms with Crippen LogP contribution < -0.4 is 20.7 Å². The van der Waals surface area contributed by atoms with Gasteiger partial charge in [0, 0.05) is 36.5 Å². The summed E-state index contributed by atoms with van der Waals surface area (Å²) in [5, 5.41) is 61.0. The van der Waals surface area contributed by atoms with E-state index in [4.69, 9.17) is 28.4 Å². The first kappa shape index (κ1) is 45.5. The molecule has 21 heteroatoms. The van der Waals surface area contributed by atoms with Crippen LogP contribution in [0.25, 0.3) is 0 Å². The molecule has 3 aromatic rings. The number of carbonyl (C=O) groups excluding carboxylic acids is 2. The van der Waals surface area contributed by atoms with Gasteiger partial charge in [-0.25, -0.2) is 4.79 Å². The second kappa shape index (κ2) is 23.3. The number of carbonyl (C=O) groups is 2. The Labute approximate surface area is 332 Å². The lowest BCUT2D eigenvalue weighted by molar-refractivity contribution is -0.277. The molecule has 0 amide bonds. The van der Waals surface area contributed by atoms with Crippen molar-refractivity contribution in [2.75, 3.05) is 51.1 Å². The lowest BCUT2D eigenvalue weighted by Crippen LogP contribution is -2.60. The second-order valence-electron chi connectivity index (χ2n) is 12.4. The smallest absolute Gasteiger partial charge is 0.331 e. The maximum Gasteiger partial charge on any atom is 0.331 e. The first-order chi connectivity index (χ1) is 27.4. The molecule has 4 rings (SSSR count). The Hall–Kier alpha value is -4.19. The molecule has 57 heavy (non-hydrogen) atoms. The number of hydrogen-bond acceptors (Lipinski definition) is 18. The molecule has 0 radical (unpaired) electrons. The number of benzene rings is 2. The van der Waals surface area contributed by atoms with Gasteiger partial charge in [0.05, 0.1) is 39.2 Å². The molecule has 2 heterocycles. The number of aliphatic hydroxyl groups is 4.